The summed E-state index contributed by atoms with van der Waals surface area (Å²) in [7, 11) is 0. The molecule has 1 aliphatic rings. The fraction of sp³-hybridized carbons (Fsp3) is 0.400. The van der Waals surface area contributed by atoms with E-state index in [4.69, 9.17) is 4.74 Å². The molecule has 1 fully saturated rings. The molecule has 0 amide bonds. The van der Waals surface area contributed by atoms with Crippen LogP contribution in [0, 0.1) is 6.92 Å². The second-order valence-electron chi connectivity index (χ2n) is 5.18. The van der Waals surface area contributed by atoms with Crippen molar-refractivity contribution in [1.29, 1.82) is 0 Å². The van der Waals surface area contributed by atoms with Crippen LogP contribution in [0.4, 0.5) is 0 Å². The maximum absolute atomic E-state index is 9.46. The van der Waals surface area contributed by atoms with Crippen LogP contribution in [0.5, 0.6) is 5.75 Å². The lowest BCUT2D eigenvalue weighted by molar-refractivity contribution is 0.254. The quantitative estimate of drug-likeness (QED) is 0.910. The zero-order valence-corrected chi connectivity index (χ0v) is 12.9. The van der Waals surface area contributed by atoms with Gasteiger partial charge >= 0.3 is 0 Å². The topological polar surface area (TPSA) is 47.3 Å². The number of hydrogen-bond acceptors (Lipinski definition) is 3. The average Bonchev–Trinajstić information content (AvgIpc) is 3.16. The summed E-state index contributed by atoms with van der Waals surface area (Å²) in [6.07, 6.45) is 6.17. The van der Waals surface area contributed by atoms with Gasteiger partial charge in [0.1, 0.15) is 12.4 Å². The Kier molecular flexibility index (Phi) is 3.81. The van der Waals surface area contributed by atoms with Gasteiger partial charge < -0.3 is 14.4 Å². The van der Waals surface area contributed by atoms with Crippen LogP contribution in [0.25, 0.3) is 0 Å². The van der Waals surface area contributed by atoms with Gasteiger partial charge in [-0.1, -0.05) is 15.9 Å². The van der Waals surface area contributed by atoms with Crippen LogP contribution in [0.2, 0.25) is 0 Å². The first-order valence-electron chi connectivity index (χ1n) is 6.72. The minimum absolute atomic E-state index is 0.0303. The number of ether oxygens (including phenoxy) is 1. The average molecular weight is 337 g/mol. The normalized spacial score (nSPS) is 14.6. The maximum Gasteiger partial charge on any atom is 0.130 e. The molecule has 20 heavy (non-hydrogen) atoms. The van der Waals surface area contributed by atoms with Gasteiger partial charge in [-0.2, -0.15) is 0 Å². The lowest BCUT2D eigenvalue weighted by Crippen LogP contribution is -2.06. The maximum atomic E-state index is 9.46. The highest BCUT2D eigenvalue weighted by Gasteiger charge is 2.25. The number of rotatable bonds is 5. The molecule has 1 aromatic heterocycles. The number of hydrogen-bond donors (Lipinski definition) is 1. The molecule has 1 aromatic carbocycles. The lowest BCUT2D eigenvalue weighted by atomic mass is 10.1. The fourth-order valence-corrected chi connectivity index (χ4v) is 3.01. The number of aryl methyl sites for hydroxylation is 1. The molecule has 106 valence electrons. The Morgan fingerprint density at radius 2 is 2.25 bits per heavy atom. The predicted molar refractivity (Wildman–Crippen MR) is 79.6 cm³/mol. The van der Waals surface area contributed by atoms with E-state index in [0.29, 0.717) is 12.6 Å². The van der Waals surface area contributed by atoms with E-state index in [2.05, 4.69) is 25.5 Å². The molecule has 5 heteroatoms. The summed E-state index contributed by atoms with van der Waals surface area (Å²) in [6.45, 7) is 2.43. The molecule has 0 unspecified atom stereocenters. The van der Waals surface area contributed by atoms with Crippen LogP contribution in [0.3, 0.4) is 0 Å². The van der Waals surface area contributed by atoms with Gasteiger partial charge in [-0.15, -0.1) is 0 Å². The zero-order chi connectivity index (χ0) is 14.1. The number of aliphatic hydroxyl groups excluding tert-OH is 1. The lowest BCUT2D eigenvalue weighted by Gasteiger charge is -2.14. The Balaban J connectivity index is 1.79. The van der Waals surface area contributed by atoms with Crippen molar-refractivity contribution in [1.82, 2.24) is 9.55 Å². The van der Waals surface area contributed by atoms with E-state index in [1.54, 1.807) is 0 Å². The molecule has 0 atom stereocenters. The van der Waals surface area contributed by atoms with Crippen LogP contribution in [-0.4, -0.2) is 14.7 Å². The third-order valence-corrected chi connectivity index (χ3v) is 4.00. The molecule has 3 rings (SSSR count). The molecule has 2 aromatic rings. The summed E-state index contributed by atoms with van der Waals surface area (Å²) < 4.78 is 9.08. The summed E-state index contributed by atoms with van der Waals surface area (Å²) in [6, 6.07) is 4.48. The van der Waals surface area contributed by atoms with Crippen molar-refractivity contribution < 1.29 is 9.84 Å². The van der Waals surface area contributed by atoms with Gasteiger partial charge in [0.25, 0.3) is 0 Å². The number of halogens is 1. The second-order valence-corrected chi connectivity index (χ2v) is 6.10. The third-order valence-electron chi connectivity index (χ3n) is 3.54. The molecule has 0 radical (unpaired) electrons. The molecular weight excluding hydrogens is 320 g/mol. The van der Waals surface area contributed by atoms with E-state index < -0.39 is 0 Å². The number of aliphatic hydroxyl groups is 1. The third kappa shape index (κ3) is 2.74. The highest BCUT2D eigenvalue weighted by molar-refractivity contribution is 9.10. The van der Waals surface area contributed by atoms with E-state index in [-0.39, 0.29) is 6.61 Å². The molecule has 0 spiro atoms. The first kappa shape index (κ1) is 13.6. The Hall–Kier alpha value is -1.33. The van der Waals surface area contributed by atoms with E-state index in [9.17, 15) is 5.11 Å². The minimum atomic E-state index is -0.0303. The summed E-state index contributed by atoms with van der Waals surface area (Å²) >= 11 is 3.44. The Bertz CT molecular complexity index is 620. The van der Waals surface area contributed by atoms with Crippen molar-refractivity contribution in [2.24, 2.45) is 0 Å². The summed E-state index contributed by atoms with van der Waals surface area (Å²) in [5.74, 6) is 0.763. The Labute approximate surface area is 126 Å². The monoisotopic (exact) mass is 336 g/mol. The van der Waals surface area contributed by atoms with Gasteiger partial charge in [-0.25, -0.2) is 4.98 Å². The summed E-state index contributed by atoms with van der Waals surface area (Å²) in [5.41, 5.74) is 2.90. The molecule has 1 heterocycles. The standard InChI is InChI=1S/C15H17BrN2O2/c1-10-4-12(16)5-11(7-19)15(10)20-8-14-6-17-9-18(14)13-2-3-13/h4-6,9,13,19H,2-3,7-8H2,1H3. The summed E-state index contributed by atoms with van der Waals surface area (Å²) in [4.78, 5) is 4.20. The molecule has 0 aliphatic heterocycles. The molecular formula is C15H17BrN2O2. The van der Waals surface area contributed by atoms with Crippen molar-refractivity contribution >= 4 is 15.9 Å². The van der Waals surface area contributed by atoms with E-state index in [0.717, 1.165) is 27.0 Å². The van der Waals surface area contributed by atoms with Crippen LogP contribution >= 0.6 is 15.9 Å². The van der Waals surface area contributed by atoms with Crippen molar-refractivity contribution in [2.75, 3.05) is 0 Å². The van der Waals surface area contributed by atoms with Gasteiger partial charge in [-0.3, -0.25) is 0 Å². The van der Waals surface area contributed by atoms with E-state index >= 15 is 0 Å². The molecule has 1 saturated carbocycles. The van der Waals surface area contributed by atoms with Crippen LogP contribution in [0.15, 0.2) is 29.1 Å². The molecule has 1 aliphatic carbocycles. The second kappa shape index (κ2) is 5.58. The van der Waals surface area contributed by atoms with Gasteiger partial charge in [0.15, 0.2) is 0 Å². The van der Waals surface area contributed by atoms with Crippen LogP contribution < -0.4 is 4.74 Å². The number of aromatic nitrogens is 2. The van der Waals surface area contributed by atoms with Crippen molar-refractivity contribution in [3.8, 4) is 5.75 Å². The van der Waals surface area contributed by atoms with Gasteiger partial charge in [0, 0.05) is 16.1 Å². The van der Waals surface area contributed by atoms with E-state index in [1.807, 2.05) is 31.6 Å². The molecule has 4 nitrogen and oxygen atoms in total. The van der Waals surface area contributed by atoms with Crippen molar-refractivity contribution in [3.63, 3.8) is 0 Å². The molecule has 0 bridgehead atoms. The zero-order valence-electron chi connectivity index (χ0n) is 11.3. The van der Waals surface area contributed by atoms with Crippen LogP contribution in [0.1, 0.15) is 35.7 Å². The molecule has 0 saturated heterocycles. The van der Waals surface area contributed by atoms with E-state index in [1.165, 1.54) is 12.8 Å². The largest absolute Gasteiger partial charge is 0.487 e. The first-order valence-corrected chi connectivity index (χ1v) is 7.51. The number of benzene rings is 1. The number of imidazole rings is 1. The smallest absolute Gasteiger partial charge is 0.130 e. The molecule has 1 N–H and O–H groups in total. The highest BCUT2D eigenvalue weighted by Crippen LogP contribution is 2.36. The Morgan fingerprint density at radius 3 is 2.95 bits per heavy atom. The van der Waals surface area contributed by atoms with Gasteiger partial charge in [0.2, 0.25) is 0 Å². The van der Waals surface area contributed by atoms with Crippen molar-refractivity contribution in [3.05, 3.63) is 46.0 Å². The number of nitrogens with zero attached hydrogens (tertiary/aromatic N) is 2. The first-order chi connectivity index (χ1) is 9.69. The van der Waals surface area contributed by atoms with Gasteiger partial charge in [-0.05, 0) is 37.5 Å². The van der Waals surface area contributed by atoms with Crippen LogP contribution in [-0.2, 0) is 13.2 Å². The Morgan fingerprint density at radius 1 is 1.45 bits per heavy atom. The fourth-order valence-electron chi connectivity index (χ4n) is 2.39. The predicted octanol–water partition coefficient (Wildman–Crippen LogP) is 3.36. The SMILES string of the molecule is Cc1cc(Br)cc(CO)c1OCc1cncn1C1CC1. The summed E-state index contributed by atoms with van der Waals surface area (Å²) in [5, 5.41) is 9.46. The van der Waals surface area contributed by atoms with Gasteiger partial charge in [0.05, 0.1) is 24.8 Å². The van der Waals surface area contributed by atoms with Crippen molar-refractivity contribution in [2.45, 2.75) is 39.0 Å². The highest BCUT2D eigenvalue weighted by atomic mass is 79.9. The minimum Gasteiger partial charge on any atom is -0.487 e.